The van der Waals surface area contributed by atoms with Crippen LogP contribution in [0.5, 0.6) is 0 Å². The minimum atomic E-state index is -4.66. The number of benzene rings is 3. The van der Waals surface area contributed by atoms with Crippen LogP contribution in [0.25, 0.3) is 0 Å². The summed E-state index contributed by atoms with van der Waals surface area (Å²) in [7, 11) is 1.92. The first-order valence-corrected chi connectivity index (χ1v) is 15.5. The van der Waals surface area contributed by atoms with Crippen LogP contribution in [0.4, 0.5) is 18.9 Å². The molecule has 48 heavy (non-hydrogen) atoms. The number of amidine groups is 1. The monoisotopic (exact) mass is 658 g/mol. The number of aliphatic imine (C=N–C) groups is 1. The molecule has 4 N–H and O–H groups in total. The maximum atomic E-state index is 14.3. The van der Waals surface area contributed by atoms with E-state index in [9.17, 15) is 27.6 Å². The molecule has 1 saturated heterocycles. The number of nitrogens with two attached hydrogens (primary N) is 1. The van der Waals surface area contributed by atoms with Crippen LogP contribution in [0.1, 0.15) is 46.8 Å². The van der Waals surface area contributed by atoms with Gasteiger partial charge in [-0.25, -0.2) is 4.99 Å². The van der Waals surface area contributed by atoms with Crippen LogP contribution in [-0.2, 0) is 22.3 Å². The molecule has 2 atom stereocenters. The number of alkyl halides is 3. The summed E-state index contributed by atoms with van der Waals surface area (Å²) in [5.74, 6) is -2.10. The zero-order valence-corrected chi connectivity index (χ0v) is 26.8. The Morgan fingerprint density at radius 2 is 1.73 bits per heavy atom. The lowest BCUT2D eigenvalue weighted by atomic mass is 9.78. The van der Waals surface area contributed by atoms with Crippen molar-refractivity contribution in [3.8, 4) is 0 Å². The second-order valence-corrected chi connectivity index (χ2v) is 11.8. The summed E-state index contributed by atoms with van der Waals surface area (Å²) in [6.07, 6.45) is -2.78. The zero-order valence-electron chi connectivity index (χ0n) is 26.8. The Kier molecular flexibility index (Phi) is 10.1. The molecular formula is C36H37F3N6O3. The normalized spacial score (nSPS) is 20.5. The third-order valence-corrected chi connectivity index (χ3v) is 8.29. The van der Waals surface area contributed by atoms with Crippen molar-refractivity contribution in [3.05, 3.63) is 124 Å². The van der Waals surface area contributed by atoms with Gasteiger partial charge in [-0.05, 0) is 62.4 Å². The number of hydrogen-bond acceptors (Lipinski definition) is 6. The number of piperidine rings is 1. The van der Waals surface area contributed by atoms with E-state index in [0.717, 1.165) is 23.8 Å². The second kappa shape index (κ2) is 14.3. The summed E-state index contributed by atoms with van der Waals surface area (Å²) in [5, 5.41) is 5.68. The zero-order chi connectivity index (χ0) is 34.6. The van der Waals surface area contributed by atoms with Crippen molar-refractivity contribution >= 4 is 29.2 Å². The SMILES string of the molecule is CCN1C(=O)[C@@H](NC(=O)c2cccc(C(F)(F)F)c2)[C@H](c2cccc(CNC(=O)C3=CCN(C)C3)c2)/C(=C(\C)N)C1=Nc1ccccc1. The minimum Gasteiger partial charge on any atom is -0.402 e. The largest absolute Gasteiger partial charge is 0.416 e. The predicted molar refractivity (Wildman–Crippen MR) is 177 cm³/mol. The highest BCUT2D eigenvalue weighted by Gasteiger charge is 2.45. The minimum absolute atomic E-state index is 0.182. The highest BCUT2D eigenvalue weighted by atomic mass is 19.4. The summed E-state index contributed by atoms with van der Waals surface area (Å²) in [5.41, 5.74) is 8.72. The number of hydrogen-bond donors (Lipinski definition) is 3. The topological polar surface area (TPSA) is 120 Å². The van der Waals surface area contributed by atoms with Gasteiger partial charge in [-0.1, -0.05) is 54.6 Å². The quantitative estimate of drug-likeness (QED) is 0.318. The number of likely N-dealkylation sites (tertiary alicyclic amines) is 1. The van der Waals surface area contributed by atoms with Gasteiger partial charge in [0.05, 0.1) is 11.3 Å². The summed E-state index contributed by atoms with van der Waals surface area (Å²) < 4.78 is 40.5. The molecule has 0 spiro atoms. The second-order valence-electron chi connectivity index (χ2n) is 11.8. The van der Waals surface area contributed by atoms with Crippen LogP contribution in [-0.4, -0.2) is 66.1 Å². The molecule has 0 unspecified atom stereocenters. The van der Waals surface area contributed by atoms with Crippen molar-refractivity contribution in [1.82, 2.24) is 20.4 Å². The summed E-state index contributed by atoms with van der Waals surface area (Å²) in [6, 6.07) is 19.0. The Hall–Kier alpha value is -5.23. The first kappa shape index (κ1) is 34.1. The molecule has 12 heteroatoms. The molecule has 0 saturated carbocycles. The average Bonchev–Trinajstić information content (AvgIpc) is 3.51. The third-order valence-electron chi connectivity index (χ3n) is 8.29. The smallest absolute Gasteiger partial charge is 0.402 e. The lowest BCUT2D eigenvalue weighted by Crippen LogP contribution is -2.59. The van der Waals surface area contributed by atoms with Crippen molar-refractivity contribution in [2.75, 3.05) is 26.7 Å². The molecule has 3 aromatic carbocycles. The van der Waals surface area contributed by atoms with Crippen molar-refractivity contribution in [1.29, 1.82) is 0 Å². The average molecular weight is 659 g/mol. The molecule has 2 heterocycles. The van der Waals surface area contributed by atoms with Crippen LogP contribution < -0.4 is 16.4 Å². The van der Waals surface area contributed by atoms with E-state index in [1.165, 1.54) is 11.0 Å². The van der Waals surface area contributed by atoms with Gasteiger partial charge in [-0.15, -0.1) is 0 Å². The van der Waals surface area contributed by atoms with Gasteiger partial charge < -0.3 is 16.4 Å². The maximum Gasteiger partial charge on any atom is 0.416 e. The van der Waals surface area contributed by atoms with Crippen LogP contribution in [0.15, 0.2) is 107 Å². The molecule has 2 aliphatic heterocycles. The number of halogens is 3. The first-order valence-electron chi connectivity index (χ1n) is 15.5. The molecule has 3 amide bonds. The predicted octanol–water partition coefficient (Wildman–Crippen LogP) is 4.90. The number of para-hydroxylation sites is 1. The van der Waals surface area contributed by atoms with Gasteiger partial charge in [0.15, 0.2) is 0 Å². The van der Waals surface area contributed by atoms with Crippen LogP contribution >= 0.6 is 0 Å². The Balaban J connectivity index is 1.57. The Morgan fingerprint density at radius 3 is 2.38 bits per heavy atom. The molecule has 0 radical (unpaired) electrons. The van der Waals surface area contributed by atoms with E-state index in [4.69, 9.17) is 10.7 Å². The number of likely N-dealkylation sites (N-methyl/N-ethyl adjacent to an activating group) is 2. The fourth-order valence-electron chi connectivity index (χ4n) is 5.95. The van der Waals surface area contributed by atoms with E-state index in [0.29, 0.717) is 47.0 Å². The van der Waals surface area contributed by atoms with Crippen LogP contribution in [0, 0.1) is 0 Å². The molecule has 0 bridgehead atoms. The molecule has 2 aliphatic rings. The maximum absolute atomic E-state index is 14.3. The van der Waals surface area contributed by atoms with E-state index in [1.807, 2.05) is 48.4 Å². The number of allylic oxidation sites excluding steroid dienone is 1. The Labute approximate surface area is 277 Å². The van der Waals surface area contributed by atoms with Gasteiger partial charge >= 0.3 is 6.18 Å². The molecule has 3 aromatic rings. The number of carbonyl (C=O) groups is 3. The molecule has 0 aromatic heterocycles. The van der Waals surface area contributed by atoms with Gasteiger partial charge in [0.25, 0.3) is 11.8 Å². The van der Waals surface area contributed by atoms with Gasteiger partial charge in [-0.3, -0.25) is 24.2 Å². The van der Waals surface area contributed by atoms with E-state index >= 15 is 0 Å². The van der Waals surface area contributed by atoms with E-state index in [1.54, 1.807) is 38.1 Å². The number of amides is 3. The molecule has 250 valence electrons. The Bertz CT molecular complexity index is 1800. The van der Waals surface area contributed by atoms with Crippen LogP contribution in [0.3, 0.4) is 0 Å². The molecule has 0 aliphatic carbocycles. The Morgan fingerprint density at radius 1 is 1.00 bits per heavy atom. The summed E-state index contributed by atoms with van der Waals surface area (Å²) >= 11 is 0. The van der Waals surface area contributed by atoms with Gasteiger partial charge in [0.1, 0.15) is 11.9 Å². The molecule has 9 nitrogen and oxygen atoms in total. The molecule has 1 fully saturated rings. The molecule has 5 rings (SSSR count). The fraction of sp³-hybridized carbons (Fsp3) is 0.278. The van der Waals surface area contributed by atoms with E-state index in [-0.39, 0.29) is 24.6 Å². The number of carbonyl (C=O) groups excluding carboxylic acids is 3. The lowest BCUT2D eigenvalue weighted by molar-refractivity contribution is -0.137. The molecular weight excluding hydrogens is 621 g/mol. The van der Waals surface area contributed by atoms with Gasteiger partial charge in [-0.2, -0.15) is 13.2 Å². The number of rotatable bonds is 8. The first-order chi connectivity index (χ1) is 22.9. The standard InChI is InChI=1S/C36H37F3N6O3/c1-4-45-32(42-28-14-6-5-7-15-28)29(22(2)40)30(24-11-8-10-23(18-24)20-41-33(46)26-16-17-44(3)21-26)31(35(45)48)43-34(47)25-12-9-13-27(19-25)36(37,38)39/h5-16,18-19,30-31H,4,17,20-21,40H2,1-3H3,(H,41,46)(H,43,47)/b29-22-,42-32?/t30-,31+/m1/s1. The number of nitrogens with one attached hydrogen (secondary N) is 2. The van der Waals surface area contributed by atoms with Crippen molar-refractivity contribution in [3.63, 3.8) is 0 Å². The highest BCUT2D eigenvalue weighted by Crippen LogP contribution is 2.38. The van der Waals surface area contributed by atoms with Crippen LogP contribution in [0.2, 0.25) is 0 Å². The van der Waals surface area contributed by atoms with Crippen molar-refractivity contribution in [2.45, 2.75) is 38.5 Å². The number of nitrogens with zero attached hydrogens (tertiary/aromatic N) is 3. The summed E-state index contributed by atoms with van der Waals surface area (Å²) in [4.78, 5) is 48.9. The fourth-order valence-corrected chi connectivity index (χ4v) is 5.95. The highest BCUT2D eigenvalue weighted by molar-refractivity contribution is 6.15. The van der Waals surface area contributed by atoms with Crippen molar-refractivity contribution < 1.29 is 27.6 Å². The lowest BCUT2D eigenvalue weighted by Gasteiger charge is -2.41. The van der Waals surface area contributed by atoms with E-state index in [2.05, 4.69) is 10.6 Å². The third kappa shape index (κ3) is 7.49. The van der Waals surface area contributed by atoms with E-state index < -0.39 is 35.5 Å². The van der Waals surface area contributed by atoms with Gasteiger partial charge in [0.2, 0.25) is 5.91 Å². The van der Waals surface area contributed by atoms with Crippen molar-refractivity contribution in [2.24, 2.45) is 10.7 Å². The van der Waals surface area contributed by atoms with Gasteiger partial charge in [0, 0.05) is 54.5 Å². The summed E-state index contributed by atoms with van der Waals surface area (Å²) in [6.45, 7) is 5.05.